The standard InChI is InChI=1S/2C8H16.3C7H14.2C2H6.4CH4/c2*1-2-8-6-4-3-5-7-8;3*1-2-7-5-3-4-6-7;2*1-2;;;;/h2*8H,2-7H2,1H3;3*7H,2-6H2,1H3;2*1-2H3;4*1H4. The molecular weight excluding hydrogens is 540 g/mol. The minimum Gasteiger partial charge on any atom is -0.0776 e. The summed E-state index contributed by atoms with van der Waals surface area (Å²) in [6.45, 7) is 19.5. The first-order chi connectivity index (χ1) is 20.2. The molecule has 0 spiro atoms. The molecule has 5 aliphatic carbocycles. The minimum absolute atomic E-state index is 0. The van der Waals surface area contributed by atoms with Crippen LogP contribution in [0.1, 0.15) is 265 Å². The van der Waals surface area contributed by atoms with Crippen LogP contribution in [0, 0.1) is 29.6 Å². The van der Waals surface area contributed by atoms with E-state index in [-0.39, 0.29) is 29.7 Å². The fourth-order valence-corrected chi connectivity index (χ4v) is 7.45. The van der Waals surface area contributed by atoms with Crippen LogP contribution in [0.4, 0.5) is 0 Å². The van der Waals surface area contributed by atoms with Gasteiger partial charge in [0.1, 0.15) is 0 Å². The van der Waals surface area contributed by atoms with Crippen LogP contribution >= 0.6 is 0 Å². The van der Waals surface area contributed by atoms with Crippen LogP contribution in [0.15, 0.2) is 0 Å². The van der Waals surface area contributed by atoms with Crippen molar-refractivity contribution in [3.63, 3.8) is 0 Å². The molecule has 0 N–H and O–H groups in total. The SMILES string of the molecule is C.C.C.C.CC.CC.CCC1CCCC1.CCC1CCCC1.CCC1CCCC1.CCC1CCCCC1.CCC1CCCCC1. The molecule has 0 bridgehead atoms. The van der Waals surface area contributed by atoms with E-state index in [1.54, 1.807) is 0 Å². The predicted molar refractivity (Wildman–Crippen MR) is 220 cm³/mol. The van der Waals surface area contributed by atoms with E-state index >= 15 is 0 Å². The largest absolute Gasteiger partial charge is 0.0776 e. The molecule has 0 heteroatoms. The molecule has 0 amide bonds. The number of hydrogen-bond acceptors (Lipinski definition) is 0. The molecule has 0 unspecified atom stereocenters. The van der Waals surface area contributed by atoms with Gasteiger partial charge in [-0.3, -0.25) is 0 Å². The topological polar surface area (TPSA) is 0 Å². The predicted octanol–water partition coefficient (Wildman–Crippen LogP) is 18.3. The quantitative estimate of drug-likeness (QED) is 0.280. The van der Waals surface area contributed by atoms with Crippen LogP contribution in [0.3, 0.4) is 0 Å². The number of rotatable bonds is 5. The lowest BCUT2D eigenvalue weighted by Crippen LogP contribution is -2.03. The van der Waals surface area contributed by atoms with Gasteiger partial charge in [-0.1, -0.05) is 265 Å². The molecule has 0 aromatic rings. The van der Waals surface area contributed by atoms with Crippen molar-refractivity contribution in [3.8, 4) is 0 Å². The van der Waals surface area contributed by atoms with Crippen molar-refractivity contribution in [3.05, 3.63) is 0 Å². The van der Waals surface area contributed by atoms with E-state index in [9.17, 15) is 0 Å². The fraction of sp³-hybridized carbons (Fsp3) is 1.00. The Balaban J connectivity index is -0.000000101. The maximum absolute atomic E-state index is 2.32. The van der Waals surface area contributed by atoms with Crippen LogP contribution in [-0.2, 0) is 0 Å². The van der Waals surface area contributed by atoms with Crippen molar-refractivity contribution >= 4 is 0 Å². The van der Waals surface area contributed by atoms with Crippen molar-refractivity contribution in [2.45, 2.75) is 265 Å². The summed E-state index contributed by atoms with van der Waals surface area (Å²) in [7, 11) is 0. The lowest BCUT2D eigenvalue weighted by Gasteiger charge is -2.18. The smallest absolute Gasteiger partial charge is 0.0417 e. The molecule has 5 fully saturated rings. The first kappa shape index (κ1) is 57.3. The molecule has 45 heavy (non-hydrogen) atoms. The third kappa shape index (κ3) is 35.1. The van der Waals surface area contributed by atoms with Crippen molar-refractivity contribution in [2.24, 2.45) is 29.6 Å². The Morgan fingerprint density at radius 2 is 0.356 bits per heavy atom. The maximum Gasteiger partial charge on any atom is -0.0417 e. The van der Waals surface area contributed by atoms with E-state index in [1.807, 2.05) is 27.7 Å². The first-order valence-corrected chi connectivity index (χ1v) is 20.2. The Morgan fingerprint density at radius 1 is 0.244 bits per heavy atom. The average molecular weight is 643 g/mol. The molecule has 0 heterocycles. The molecule has 0 nitrogen and oxygen atoms in total. The minimum atomic E-state index is 0. The normalized spacial score (nSPS) is 19.7. The van der Waals surface area contributed by atoms with Gasteiger partial charge in [0.05, 0.1) is 0 Å². The summed E-state index contributed by atoms with van der Waals surface area (Å²) in [6.07, 6.45) is 40.2. The van der Waals surface area contributed by atoms with Gasteiger partial charge in [0.15, 0.2) is 0 Å². The van der Waals surface area contributed by atoms with Crippen molar-refractivity contribution < 1.29 is 0 Å². The van der Waals surface area contributed by atoms with Gasteiger partial charge in [0.25, 0.3) is 0 Å². The van der Waals surface area contributed by atoms with Gasteiger partial charge in [0, 0.05) is 0 Å². The Morgan fingerprint density at radius 3 is 0.444 bits per heavy atom. The van der Waals surface area contributed by atoms with Gasteiger partial charge in [-0.2, -0.15) is 0 Å². The van der Waals surface area contributed by atoms with Crippen LogP contribution < -0.4 is 0 Å². The monoisotopic (exact) mass is 643 g/mol. The maximum atomic E-state index is 2.32. The van der Waals surface area contributed by atoms with E-state index < -0.39 is 0 Å². The Hall–Kier alpha value is 0. The number of hydrogen-bond donors (Lipinski definition) is 0. The van der Waals surface area contributed by atoms with Gasteiger partial charge < -0.3 is 0 Å². The van der Waals surface area contributed by atoms with Crippen molar-refractivity contribution in [1.82, 2.24) is 0 Å². The van der Waals surface area contributed by atoms with Gasteiger partial charge in [0.2, 0.25) is 0 Å². The molecular formula is C45H102. The summed E-state index contributed by atoms with van der Waals surface area (Å²) in [5.41, 5.74) is 0. The Kier molecular flexibility index (Phi) is 58.7. The molecule has 5 saturated carbocycles. The van der Waals surface area contributed by atoms with Gasteiger partial charge >= 0.3 is 0 Å². The first-order valence-electron chi connectivity index (χ1n) is 20.2. The summed E-state index contributed by atoms with van der Waals surface area (Å²) < 4.78 is 0. The zero-order valence-electron chi connectivity index (χ0n) is 31.0. The van der Waals surface area contributed by atoms with Crippen LogP contribution in [-0.4, -0.2) is 0 Å². The molecule has 0 aromatic heterocycles. The second kappa shape index (κ2) is 46.1. The van der Waals surface area contributed by atoms with E-state index in [2.05, 4.69) is 34.6 Å². The van der Waals surface area contributed by atoms with Crippen LogP contribution in [0.5, 0.6) is 0 Å². The Bertz CT molecular complexity index is 367. The van der Waals surface area contributed by atoms with Crippen molar-refractivity contribution in [2.75, 3.05) is 0 Å². The Labute approximate surface area is 294 Å². The zero-order valence-corrected chi connectivity index (χ0v) is 31.0. The molecule has 5 rings (SSSR count). The zero-order chi connectivity index (χ0) is 31.0. The van der Waals surface area contributed by atoms with Gasteiger partial charge in [-0.05, 0) is 29.6 Å². The van der Waals surface area contributed by atoms with E-state index in [1.165, 1.54) is 173 Å². The van der Waals surface area contributed by atoms with Crippen molar-refractivity contribution in [1.29, 1.82) is 0 Å². The third-order valence-corrected chi connectivity index (χ3v) is 10.8. The highest BCUT2D eigenvalue weighted by atomic mass is 14.2. The van der Waals surface area contributed by atoms with Gasteiger partial charge in [-0.25, -0.2) is 0 Å². The molecule has 0 saturated heterocycles. The second-order valence-corrected chi connectivity index (χ2v) is 13.5. The lowest BCUT2D eigenvalue weighted by atomic mass is 9.88. The van der Waals surface area contributed by atoms with E-state index in [0.29, 0.717) is 0 Å². The summed E-state index contributed by atoms with van der Waals surface area (Å²) in [4.78, 5) is 0. The molecule has 0 atom stereocenters. The van der Waals surface area contributed by atoms with Gasteiger partial charge in [-0.15, -0.1) is 0 Å². The summed E-state index contributed by atoms with van der Waals surface area (Å²) in [6, 6.07) is 0. The molecule has 5 aliphatic rings. The summed E-state index contributed by atoms with van der Waals surface area (Å²) >= 11 is 0. The molecule has 0 aromatic carbocycles. The average Bonchev–Trinajstić information content (AvgIpc) is 3.89. The summed E-state index contributed by atoms with van der Waals surface area (Å²) in [5, 5.41) is 0. The highest BCUT2D eigenvalue weighted by Crippen LogP contribution is 2.28. The van der Waals surface area contributed by atoms with Crippen LogP contribution in [0.2, 0.25) is 0 Å². The highest BCUT2D eigenvalue weighted by molar-refractivity contribution is 4.66. The highest BCUT2D eigenvalue weighted by Gasteiger charge is 2.13. The van der Waals surface area contributed by atoms with E-state index in [0.717, 1.165) is 29.6 Å². The molecule has 0 radical (unpaired) electrons. The lowest BCUT2D eigenvalue weighted by molar-refractivity contribution is 0.349. The molecule has 0 aliphatic heterocycles. The second-order valence-electron chi connectivity index (χ2n) is 13.5. The third-order valence-electron chi connectivity index (χ3n) is 10.8. The van der Waals surface area contributed by atoms with E-state index in [4.69, 9.17) is 0 Å². The van der Waals surface area contributed by atoms with Crippen LogP contribution in [0.25, 0.3) is 0 Å². The fourth-order valence-electron chi connectivity index (χ4n) is 7.45. The molecule has 282 valence electrons. The summed E-state index contributed by atoms with van der Waals surface area (Å²) in [5.74, 6) is 5.47.